The Morgan fingerprint density at radius 1 is 1.24 bits per heavy atom. The van der Waals surface area contributed by atoms with Crippen LogP contribution in [0.15, 0.2) is 42.9 Å². The van der Waals surface area contributed by atoms with Crippen molar-refractivity contribution in [3.63, 3.8) is 0 Å². The van der Waals surface area contributed by atoms with Crippen LogP contribution in [0.1, 0.15) is 12.1 Å². The first-order valence-electron chi connectivity index (χ1n) is 6.93. The molecule has 0 aliphatic heterocycles. The number of benzene rings is 1. The van der Waals surface area contributed by atoms with E-state index < -0.39 is 0 Å². The van der Waals surface area contributed by atoms with Crippen LogP contribution in [-0.4, -0.2) is 31.7 Å². The fourth-order valence-electron chi connectivity index (χ4n) is 2.21. The molecule has 0 atom stereocenters. The van der Waals surface area contributed by atoms with E-state index in [1.54, 1.807) is 10.9 Å². The third kappa shape index (κ3) is 3.17. The number of nitrogens with one attached hydrogen (secondary N) is 1. The zero-order chi connectivity index (χ0) is 14.5. The zero-order valence-corrected chi connectivity index (χ0v) is 11.6. The molecule has 0 aliphatic rings. The van der Waals surface area contributed by atoms with Crippen molar-refractivity contribution >= 4 is 16.5 Å². The van der Waals surface area contributed by atoms with Gasteiger partial charge in [0.1, 0.15) is 5.69 Å². The molecule has 0 fully saturated rings. The van der Waals surface area contributed by atoms with Gasteiger partial charge in [0.15, 0.2) is 0 Å². The van der Waals surface area contributed by atoms with Crippen LogP contribution in [0.5, 0.6) is 0 Å². The summed E-state index contributed by atoms with van der Waals surface area (Å²) in [7, 11) is 0. The Hall–Kier alpha value is -2.47. The highest BCUT2D eigenvalue weighted by Crippen LogP contribution is 2.22. The molecule has 0 unspecified atom stereocenters. The molecule has 0 saturated carbocycles. The number of rotatable bonds is 6. The van der Waals surface area contributed by atoms with Gasteiger partial charge in [0, 0.05) is 36.6 Å². The average Bonchev–Trinajstić information content (AvgIpc) is 2.99. The second-order valence-electron chi connectivity index (χ2n) is 4.81. The van der Waals surface area contributed by atoms with E-state index in [4.69, 9.17) is 5.11 Å². The molecule has 2 aromatic heterocycles. The Balaban J connectivity index is 1.70. The molecule has 2 heterocycles. The molecule has 6 nitrogen and oxygen atoms in total. The van der Waals surface area contributed by atoms with E-state index in [0.717, 1.165) is 22.2 Å². The molecule has 0 aliphatic carbocycles. The second-order valence-corrected chi connectivity index (χ2v) is 4.81. The molecule has 0 spiro atoms. The van der Waals surface area contributed by atoms with Crippen LogP contribution in [0.25, 0.3) is 10.8 Å². The maximum absolute atomic E-state index is 8.81. The van der Waals surface area contributed by atoms with Gasteiger partial charge in [0.2, 0.25) is 0 Å². The van der Waals surface area contributed by atoms with Crippen molar-refractivity contribution in [2.45, 2.75) is 19.5 Å². The molecule has 21 heavy (non-hydrogen) atoms. The summed E-state index contributed by atoms with van der Waals surface area (Å²) in [5.74, 6) is 0. The third-order valence-electron chi connectivity index (χ3n) is 3.28. The molecule has 1 aromatic carbocycles. The first kappa shape index (κ1) is 13.5. The fourth-order valence-corrected chi connectivity index (χ4v) is 2.21. The molecule has 3 rings (SSSR count). The van der Waals surface area contributed by atoms with Gasteiger partial charge in [-0.25, -0.2) is 0 Å². The molecular formula is C15H17N5O. The fraction of sp³-hybridized carbons (Fsp3) is 0.267. The average molecular weight is 283 g/mol. The Morgan fingerprint density at radius 3 is 3.10 bits per heavy atom. The number of hydrogen-bond acceptors (Lipinski definition) is 5. The number of hydrogen-bond donors (Lipinski definition) is 2. The van der Waals surface area contributed by atoms with E-state index >= 15 is 0 Å². The van der Waals surface area contributed by atoms with Crippen molar-refractivity contribution in [3.05, 3.63) is 48.5 Å². The number of fused-ring (bicyclic) bond motifs is 1. The Labute approximate surface area is 122 Å². The Kier molecular flexibility index (Phi) is 4.07. The van der Waals surface area contributed by atoms with Crippen molar-refractivity contribution in [3.8, 4) is 0 Å². The van der Waals surface area contributed by atoms with Crippen LogP contribution in [0.3, 0.4) is 0 Å². The molecule has 0 amide bonds. The predicted octanol–water partition coefficient (Wildman–Crippen LogP) is 1.82. The van der Waals surface area contributed by atoms with Crippen LogP contribution < -0.4 is 5.32 Å². The van der Waals surface area contributed by atoms with Gasteiger partial charge >= 0.3 is 0 Å². The van der Waals surface area contributed by atoms with Gasteiger partial charge in [0.25, 0.3) is 0 Å². The highest BCUT2D eigenvalue weighted by molar-refractivity contribution is 5.92. The SMILES string of the molecule is OCCCn1cc(CNc2cccc3ccncc23)nn1. The number of aliphatic hydroxyl groups is 1. The summed E-state index contributed by atoms with van der Waals surface area (Å²) < 4.78 is 1.75. The quantitative estimate of drug-likeness (QED) is 0.721. The summed E-state index contributed by atoms with van der Waals surface area (Å²) >= 11 is 0. The summed E-state index contributed by atoms with van der Waals surface area (Å²) in [6.45, 7) is 1.45. The summed E-state index contributed by atoms with van der Waals surface area (Å²) in [6, 6.07) is 8.10. The van der Waals surface area contributed by atoms with Crippen molar-refractivity contribution in [1.82, 2.24) is 20.0 Å². The van der Waals surface area contributed by atoms with Crippen molar-refractivity contribution in [1.29, 1.82) is 0 Å². The minimum absolute atomic E-state index is 0.163. The highest BCUT2D eigenvalue weighted by Gasteiger charge is 2.03. The molecule has 0 bridgehead atoms. The minimum Gasteiger partial charge on any atom is -0.396 e. The number of nitrogens with zero attached hydrogens (tertiary/aromatic N) is 4. The minimum atomic E-state index is 0.163. The van der Waals surface area contributed by atoms with Gasteiger partial charge in [0.05, 0.1) is 12.7 Å². The molecule has 0 radical (unpaired) electrons. The standard InChI is InChI=1S/C15H17N5O/c21-8-2-7-20-11-13(18-19-20)9-17-15-4-1-3-12-5-6-16-10-14(12)15/h1,3-6,10-11,17,21H,2,7-9H2. The van der Waals surface area contributed by atoms with Crippen molar-refractivity contribution in [2.24, 2.45) is 0 Å². The lowest BCUT2D eigenvalue weighted by atomic mass is 10.1. The van der Waals surface area contributed by atoms with E-state index in [2.05, 4.69) is 26.7 Å². The number of aromatic nitrogens is 4. The maximum atomic E-state index is 8.81. The number of aryl methyl sites for hydroxylation is 1. The summed E-state index contributed by atoms with van der Waals surface area (Å²) in [5, 5.41) is 22.6. The first-order valence-corrected chi connectivity index (χ1v) is 6.93. The number of anilines is 1. The molecule has 108 valence electrons. The van der Waals surface area contributed by atoms with Gasteiger partial charge in [-0.05, 0) is 23.9 Å². The van der Waals surface area contributed by atoms with Gasteiger partial charge in [-0.15, -0.1) is 5.10 Å². The molecule has 2 N–H and O–H groups in total. The normalized spacial score (nSPS) is 10.9. The van der Waals surface area contributed by atoms with Crippen LogP contribution in [0.4, 0.5) is 5.69 Å². The van der Waals surface area contributed by atoms with Crippen molar-refractivity contribution < 1.29 is 5.11 Å². The first-order chi connectivity index (χ1) is 10.4. The van der Waals surface area contributed by atoms with Gasteiger partial charge in [-0.1, -0.05) is 17.3 Å². The Bertz CT molecular complexity index is 719. The molecule has 0 saturated heterocycles. The molecule has 6 heteroatoms. The Morgan fingerprint density at radius 2 is 2.19 bits per heavy atom. The topological polar surface area (TPSA) is 75.9 Å². The molecular weight excluding hydrogens is 266 g/mol. The highest BCUT2D eigenvalue weighted by atomic mass is 16.3. The monoisotopic (exact) mass is 283 g/mol. The summed E-state index contributed by atoms with van der Waals surface area (Å²) in [4.78, 5) is 4.17. The summed E-state index contributed by atoms with van der Waals surface area (Å²) in [6.07, 6.45) is 6.23. The second kappa shape index (κ2) is 6.32. The predicted molar refractivity (Wildman–Crippen MR) is 80.8 cm³/mol. The lowest BCUT2D eigenvalue weighted by Crippen LogP contribution is -2.01. The number of pyridine rings is 1. The van der Waals surface area contributed by atoms with E-state index in [1.807, 2.05) is 30.6 Å². The van der Waals surface area contributed by atoms with Gasteiger partial charge in [-0.3, -0.25) is 9.67 Å². The van der Waals surface area contributed by atoms with Crippen LogP contribution in [0.2, 0.25) is 0 Å². The molecule has 3 aromatic rings. The van der Waals surface area contributed by atoms with E-state index in [9.17, 15) is 0 Å². The van der Waals surface area contributed by atoms with Crippen molar-refractivity contribution in [2.75, 3.05) is 11.9 Å². The number of aliphatic hydroxyl groups excluding tert-OH is 1. The largest absolute Gasteiger partial charge is 0.396 e. The van der Waals surface area contributed by atoms with E-state index in [-0.39, 0.29) is 6.61 Å². The zero-order valence-electron chi connectivity index (χ0n) is 11.6. The van der Waals surface area contributed by atoms with Crippen LogP contribution in [-0.2, 0) is 13.1 Å². The van der Waals surface area contributed by atoms with Gasteiger partial charge < -0.3 is 10.4 Å². The van der Waals surface area contributed by atoms with Crippen LogP contribution >= 0.6 is 0 Å². The smallest absolute Gasteiger partial charge is 0.102 e. The van der Waals surface area contributed by atoms with Gasteiger partial charge in [-0.2, -0.15) is 0 Å². The lowest BCUT2D eigenvalue weighted by Gasteiger charge is -2.07. The lowest BCUT2D eigenvalue weighted by molar-refractivity contribution is 0.276. The summed E-state index contributed by atoms with van der Waals surface area (Å²) in [5.41, 5.74) is 1.90. The van der Waals surface area contributed by atoms with Crippen LogP contribution in [0, 0.1) is 0 Å². The van der Waals surface area contributed by atoms with E-state index in [1.165, 1.54) is 0 Å². The maximum Gasteiger partial charge on any atom is 0.102 e. The van der Waals surface area contributed by atoms with E-state index in [0.29, 0.717) is 19.5 Å². The third-order valence-corrected chi connectivity index (χ3v) is 3.28.